The number of aryl methyl sites for hydroxylation is 1. The molecular formula is C17H15N5O. The smallest absolute Gasteiger partial charge is 0.262 e. The molecule has 4 rings (SSSR count). The van der Waals surface area contributed by atoms with E-state index in [1.165, 1.54) is 4.57 Å². The summed E-state index contributed by atoms with van der Waals surface area (Å²) in [5.41, 5.74) is 1.77. The number of hydrogen-bond donors (Lipinski definition) is 1. The van der Waals surface area contributed by atoms with E-state index in [-0.39, 0.29) is 5.56 Å². The van der Waals surface area contributed by atoms with Crippen LogP contribution in [0.25, 0.3) is 16.7 Å². The highest BCUT2D eigenvalue weighted by Gasteiger charge is 2.13. The van der Waals surface area contributed by atoms with Gasteiger partial charge in [0.1, 0.15) is 0 Å². The molecule has 2 aromatic carbocycles. The highest BCUT2D eigenvalue weighted by molar-refractivity contribution is 5.80. The van der Waals surface area contributed by atoms with Gasteiger partial charge < -0.3 is 5.32 Å². The first kappa shape index (κ1) is 13.5. The molecule has 0 saturated heterocycles. The van der Waals surface area contributed by atoms with Crippen molar-refractivity contribution in [1.29, 1.82) is 0 Å². The Balaban J connectivity index is 1.87. The Bertz CT molecular complexity index is 1050. The molecule has 0 fully saturated rings. The fourth-order valence-corrected chi connectivity index (χ4v) is 2.74. The summed E-state index contributed by atoms with van der Waals surface area (Å²) in [6.45, 7) is 0.521. The van der Waals surface area contributed by atoms with Crippen molar-refractivity contribution >= 4 is 22.4 Å². The molecule has 0 saturated carbocycles. The third-order valence-corrected chi connectivity index (χ3v) is 3.92. The first-order valence-corrected chi connectivity index (χ1v) is 7.36. The lowest BCUT2D eigenvalue weighted by Gasteiger charge is -2.09. The van der Waals surface area contributed by atoms with Crippen molar-refractivity contribution in [3.05, 3.63) is 70.8 Å². The van der Waals surface area contributed by atoms with Gasteiger partial charge in [0.15, 0.2) is 5.82 Å². The normalized spacial score (nSPS) is 11.2. The molecule has 0 radical (unpaired) electrons. The van der Waals surface area contributed by atoms with Crippen molar-refractivity contribution < 1.29 is 0 Å². The highest BCUT2D eigenvalue weighted by Crippen LogP contribution is 2.15. The molecule has 0 spiro atoms. The van der Waals surface area contributed by atoms with E-state index in [1.54, 1.807) is 7.05 Å². The summed E-state index contributed by atoms with van der Waals surface area (Å²) < 4.78 is 3.45. The summed E-state index contributed by atoms with van der Waals surface area (Å²) in [6.07, 6.45) is 0. The first-order chi connectivity index (χ1) is 11.3. The molecule has 0 aliphatic rings. The highest BCUT2D eigenvalue weighted by atomic mass is 16.1. The second kappa shape index (κ2) is 5.24. The molecule has 0 atom stereocenters. The van der Waals surface area contributed by atoms with Crippen LogP contribution in [0, 0.1) is 0 Å². The average molecular weight is 305 g/mol. The van der Waals surface area contributed by atoms with Gasteiger partial charge in [0.05, 0.1) is 17.4 Å². The second-order valence-electron chi connectivity index (χ2n) is 5.35. The Morgan fingerprint density at radius 2 is 1.74 bits per heavy atom. The number of aromatic nitrogens is 4. The maximum Gasteiger partial charge on any atom is 0.262 e. The average Bonchev–Trinajstić information content (AvgIpc) is 3.03. The Kier molecular flexibility index (Phi) is 3.08. The lowest BCUT2D eigenvalue weighted by molar-refractivity contribution is 0.855. The molecule has 0 bridgehead atoms. The van der Waals surface area contributed by atoms with Crippen LogP contribution in [0.5, 0.6) is 0 Å². The van der Waals surface area contributed by atoms with Crippen molar-refractivity contribution in [1.82, 2.24) is 19.2 Å². The Morgan fingerprint density at radius 1 is 1.00 bits per heavy atom. The Morgan fingerprint density at radius 3 is 2.57 bits per heavy atom. The summed E-state index contributed by atoms with van der Waals surface area (Å²) >= 11 is 0. The molecule has 4 aromatic rings. The van der Waals surface area contributed by atoms with E-state index in [4.69, 9.17) is 0 Å². The van der Waals surface area contributed by atoms with Crippen molar-refractivity contribution in [2.75, 3.05) is 5.32 Å². The van der Waals surface area contributed by atoms with E-state index < -0.39 is 0 Å². The molecule has 0 unspecified atom stereocenters. The minimum atomic E-state index is -0.0666. The summed E-state index contributed by atoms with van der Waals surface area (Å²) in [5.74, 6) is 1.30. The van der Waals surface area contributed by atoms with Crippen molar-refractivity contribution in [2.45, 2.75) is 6.54 Å². The van der Waals surface area contributed by atoms with Gasteiger partial charge in [0, 0.05) is 12.7 Å². The molecule has 0 aliphatic carbocycles. The largest absolute Gasteiger partial charge is 0.378 e. The van der Waals surface area contributed by atoms with Gasteiger partial charge in [-0.3, -0.25) is 13.8 Å². The fourth-order valence-electron chi connectivity index (χ4n) is 2.74. The number of para-hydroxylation sites is 2. The molecule has 0 amide bonds. The standard InChI is InChI=1S/C17H15N5O/c1-21-16(23)13-9-5-6-10-14(13)22-15(19-20-17(21)22)11-18-12-7-3-2-4-8-12/h2-10,18H,11H2,1H3. The molecule has 1 N–H and O–H groups in total. The quantitative estimate of drug-likeness (QED) is 0.630. The summed E-state index contributed by atoms with van der Waals surface area (Å²) in [5, 5.41) is 12.4. The predicted molar refractivity (Wildman–Crippen MR) is 89.5 cm³/mol. The van der Waals surface area contributed by atoms with Crippen LogP contribution in [0.2, 0.25) is 0 Å². The van der Waals surface area contributed by atoms with Gasteiger partial charge in [-0.25, -0.2) is 0 Å². The van der Waals surface area contributed by atoms with Gasteiger partial charge in [-0.1, -0.05) is 30.3 Å². The van der Waals surface area contributed by atoms with Crippen molar-refractivity contribution in [3.63, 3.8) is 0 Å². The molecular weight excluding hydrogens is 290 g/mol. The van der Waals surface area contributed by atoms with Gasteiger partial charge in [0.25, 0.3) is 5.56 Å². The van der Waals surface area contributed by atoms with E-state index >= 15 is 0 Å². The number of fused-ring (bicyclic) bond motifs is 3. The van der Waals surface area contributed by atoms with Crippen LogP contribution < -0.4 is 10.9 Å². The van der Waals surface area contributed by atoms with Crippen LogP contribution in [-0.2, 0) is 13.6 Å². The Hall–Kier alpha value is -3.15. The molecule has 2 aromatic heterocycles. The zero-order valence-electron chi connectivity index (χ0n) is 12.6. The topological polar surface area (TPSA) is 64.2 Å². The summed E-state index contributed by atoms with van der Waals surface area (Å²) in [7, 11) is 1.72. The van der Waals surface area contributed by atoms with Crippen molar-refractivity contribution in [3.8, 4) is 0 Å². The number of hydrogen-bond acceptors (Lipinski definition) is 4. The summed E-state index contributed by atoms with van der Waals surface area (Å²) in [6, 6.07) is 17.4. The predicted octanol–water partition coefficient (Wildman–Crippen LogP) is 2.19. The number of nitrogens with zero attached hydrogens (tertiary/aromatic N) is 4. The molecule has 6 heteroatoms. The Labute approximate surface area is 132 Å². The van der Waals surface area contributed by atoms with E-state index in [0.29, 0.717) is 17.7 Å². The number of benzene rings is 2. The lowest BCUT2D eigenvalue weighted by atomic mass is 10.2. The van der Waals surface area contributed by atoms with Gasteiger partial charge in [-0.2, -0.15) is 0 Å². The van der Waals surface area contributed by atoms with Crippen LogP contribution in [-0.4, -0.2) is 19.2 Å². The second-order valence-corrected chi connectivity index (χ2v) is 5.35. The number of anilines is 1. The zero-order valence-corrected chi connectivity index (χ0v) is 12.6. The van der Waals surface area contributed by atoms with Crippen LogP contribution in [0.1, 0.15) is 5.82 Å². The van der Waals surface area contributed by atoms with Crippen LogP contribution in [0.3, 0.4) is 0 Å². The van der Waals surface area contributed by atoms with E-state index in [9.17, 15) is 4.79 Å². The fraction of sp³-hybridized carbons (Fsp3) is 0.118. The summed E-state index contributed by atoms with van der Waals surface area (Å²) in [4.78, 5) is 12.4. The van der Waals surface area contributed by atoms with Gasteiger partial charge in [-0.05, 0) is 24.3 Å². The molecule has 23 heavy (non-hydrogen) atoms. The maximum absolute atomic E-state index is 12.4. The maximum atomic E-state index is 12.4. The monoisotopic (exact) mass is 305 g/mol. The van der Waals surface area contributed by atoms with E-state index in [1.807, 2.05) is 59.0 Å². The van der Waals surface area contributed by atoms with E-state index in [0.717, 1.165) is 17.0 Å². The third kappa shape index (κ3) is 2.15. The van der Waals surface area contributed by atoms with Crippen LogP contribution in [0.15, 0.2) is 59.4 Å². The number of nitrogens with one attached hydrogen (secondary N) is 1. The van der Waals surface area contributed by atoms with Crippen LogP contribution >= 0.6 is 0 Å². The van der Waals surface area contributed by atoms with Crippen LogP contribution in [0.4, 0.5) is 5.69 Å². The first-order valence-electron chi connectivity index (χ1n) is 7.36. The van der Waals surface area contributed by atoms with Gasteiger partial charge in [0.2, 0.25) is 5.78 Å². The van der Waals surface area contributed by atoms with E-state index in [2.05, 4.69) is 15.5 Å². The molecule has 0 aliphatic heterocycles. The SMILES string of the molecule is Cn1c(=O)c2ccccc2n2c(CNc3ccccc3)nnc12. The molecule has 6 nitrogen and oxygen atoms in total. The molecule has 114 valence electrons. The minimum Gasteiger partial charge on any atom is -0.378 e. The third-order valence-electron chi connectivity index (χ3n) is 3.92. The minimum absolute atomic E-state index is 0.0666. The van der Waals surface area contributed by atoms with Crippen molar-refractivity contribution in [2.24, 2.45) is 7.05 Å². The van der Waals surface area contributed by atoms with Gasteiger partial charge in [-0.15, -0.1) is 10.2 Å². The van der Waals surface area contributed by atoms with Gasteiger partial charge >= 0.3 is 0 Å². The lowest BCUT2D eigenvalue weighted by Crippen LogP contribution is -2.20. The number of rotatable bonds is 3. The zero-order chi connectivity index (χ0) is 15.8. The molecule has 2 heterocycles.